The second-order valence-electron chi connectivity index (χ2n) is 5.50. The summed E-state index contributed by atoms with van der Waals surface area (Å²) in [6.07, 6.45) is 0. The van der Waals surface area contributed by atoms with Gasteiger partial charge < -0.3 is 20.1 Å². The third-order valence-corrected chi connectivity index (χ3v) is 3.78. The van der Waals surface area contributed by atoms with Crippen molar-refractivity contribution in [3.63, 3.8) is 0 Å². The number of rotatable bonds is 6. The van der Waals surface area contributed by atoms with Crippen LogP contribution in [-0.2, 0) is 16.1 Å². The van der Waals surface area contributed by atoms with Gasteiger partial charge in [0, 0.05) is 6.54 Å². The highest BCUT2D eigenvalue weighted by Gasteiger charge is 2.16. The Morgan fingerprint density at radius 1 is 0.880 bits per heavy atom. The van der Waals surface area contributed by atoms with Crippen LogP contribution >= 0.6 is 0 Å². The Kier molecular flexibility index (Phi) is 6.39. The molecule has 6 heteroatoms. The number of methoxy groups -OCH3 is 2. The number of benzene rings is 2. The number of carbonyl (C=O) groups is 2. The third kappa shape index (κ3) is 5.24. The molecule has 0 fully saturated rings. The zero-order valence-corrected chi connectivity index (χ0v) is 14.5. The van der Waals surface area contributed by atoms with Crippen molar-refractivity contribution in [2.45, 2.75) is 19.5 Å². The average Bonchev–Trinajstić information content (AvgIpc) is 2.66. The van der Waals surface area contributed by atoms with Crippen LogP contribution in [0.5, 0.6) is 11.5 Å². The Labute approximate surface area is 147 Å². The molecule has 2 aromatic rings. The van der Waals surface area contributed by atoms with Crippen molar-refractivity contribution in [3.8, 4) is 11.5 Å². The Hall–Kier alpha value is -3.02. The van der Waals surface area contributed by atoms with Crippen molar-refractivity contribution in [2.75, 3.05) is 14.2 Å². The summed E-state index contributed by atoms with van der Waals surface area (Å²) in [6.45, 7) is 2.09. The maximum atomic E-state index is 12.0. The largest absolute Gasteiger partial charge is 0.497 e. The highest BCUT2D eigenvalue weighted by atomic mass is 16.5. The molecule has 1 atom stereocenters. The minimum Gasteiger partial charge on any atom is -0.497 e. The van der Waals surface area contributed by atoms with Gasteiger partial charge in [0.05, 0.1) is 20.3 Å². The van der Waals surface area contributed by atoms with Crippen LogP contribution < -0.4 is 20.1 Å². The molecule has 6 nitrogen and oxygen atoms in total. The van der Waals surface area contributed by atoms with E-state index in [1.807, 2.05) is 43.3 Å². The van der Waals surface area contributed by atoms with Gasteiger partial charge in [-0.25, -0.2) is 0 Å². The van der Waals surface area contributed by atoms with Crippen molar-refractivity contribution in [1.29, 1.82) is 0 Å². The van der Waals surface area contributed by atoms with Crippen LogP contribution in [0.4, 0.5) is 0 Å². The molecule has 0 aliphatic carbocycles. The molecule has 0 saturated heterocycles. The fraction of sp³-hybridized carbons (Fsp3) is 0.263. The monoisotopic (exact) mass is 342 g/mol. The molecule has 2 rings (SSSR count). The van der Waals surface area contributed by atoms with E-state index in [1.165, 1.54) is 0 Å². The molecule has 2 amide bonds. The van der Waals surface area contributed by atoms with Crippen LogP contribution in [0.3, 0.4) is 0 Å². The molecule has 0 heterocycles. The summed E-state index contributed by atoms with van der Waals surface area (Å²) < 4.78 is 10.2. The topological polar surface area (TPSA) is 76.7 Å². The zero-order valence-electron chi connectivity index (χ0n) is 14.5. The molecule has 0 radical (unpaired) electrons. The van der Waals surface area contributed by atoms with Crippen LogP contribution in [0.2, 0.25) is 0 Å². The Morgan fingerprint density at radius 2 is 1.40 bits per heavy atom. The molecule has 0 aliphatic heterocycles. The third-order valence-electron chi connectivity index (χ3n) is 3.78. The normalized spacial score (nSPS) is 11.3. The number of hydrogen-bond donors (Lipinski definition) is 2. The van der Waals surface area contributed by atoms with E-state index < -0.39 is 11.8 Å². The van der Waals surface area contributed by atoms with Crippen molar-refractivity contribution in [1.82, 2.24) is 10.6 Å². The maximum absolute atomic E-state index is 12.0. The molecule has 0 spiro atoms. The first-order valence-corrected chi connectivity index (χ1v) is 7.89. The lowest BCUT2D eigenvalue weighted by molar-refractivity contribution is -0.139. The van der Waals surface area contributed by atoms with Crippen molar-refractivity contribution in [2.24, 2.45) is 0 Å². The SMILES string of the molecule is COc1ccc(CNC(=O)C(=O)NC(C)c2ccc(OC)cc2)cc1. The standard InChI is InChI=1S/C19H22N2O4/c1-13(15-6-10-17(25-3)11-7-15)21-19(23)18(22)20-12-14-4-8-16(24-2)9-5-14/h4-11,13H,12H2,1-3H3,(H,20,22)(H,21,23). The van der Waals surface area contributed by atoms with Gasteiger partial charge >= 0.3 is 11.8 Å². The highest BCUT2D eigenvalue weighted by molar-refractivity contribution is 6.35. The second-order valence-corrected chi connectivity index (χ2v) is 5.50. The van der Waals surface area contributed by atoms with Crippen LogP contribution in [0.15, 0.2) is 48.5 Å². The minimum atomic E-state index is -0.670. The molecular weight excluding hydrogens is 320 g/mol. The summed E-state index contributed by atoms with van der Waals surface area (Å²) >= 11 is 0. The quantitative estimate of drug-likeness (QED) is 0.789. The summed E-state index contributed by atoms with van der Waals surface area (Å²) in [7, 11) is 3.18. The van der Waals surface area contributed by atoms with Crippen LogP contribution in [0, 0.1) is 0 Å². The van der Waals surface area contributed by atoms with E-state index in [0.29, 0.717) is 0 Å². The Morgan fingerprint density at radius 3 is 1.92 bits per heavy atom. The maximum Gasteiger partial charge on any atom is 0.309 e. The summed E-state index contributed by atoms with van der Waals surface area (Å²) in [6, 6.07) is 14.3. The second kappa shape index (κ2) is 8.73. The van der Waals surface area contributed by atoms with Crippen molar-refractivity contribution >= 4 is 11.8 Å². The molecule has 0 aliphatic rings. The zero-order chi connectivity index (χ0) is 18.2. The first-order valence-electron chi connectivity index (χ1n) is 7.89. The number of hydrogen-bond acceptors (Lipinski definition) is 4. The molecular formula is C19H22N2O4. The lowest BCUT2D eigenvalue weighted by Crippen LogP contribution is -2.40. The van der Waals surface area contributed by atoms with E-state index in [4.69, 9.17) is 9.47 Å². The van der Waals surface area contributed by atoms with Crippen LogP contribution in [0.1, 0.15) is 24.1 Å². The summed E-state index contributed by atoms with van der Waals surface area (Å²) in [5, 5.41) is 5.28. The Bertz CT molecular complexity index is 711. The van der Waals surface area contributed by atoms with Gasteiger partial charge in [-0.3, -0.25) is 9.59 Å². The van der Waals surface area contributed by atoms with Gasteiger partial charge in [0.15, 0.2) is 0 Å². The van der Waals surface area contributed by atoms with E-state index in [2.05, 4.69) is 10.6 Å². The fourth-order valence-electron chi connectivity index (χ4n) is 2.24. The van der Waals surface area contributed by atoms with Gasteiger partial charge in [0.25, 0.3) is 0 Å². The predicted octanol–water partition coefficient (Wildman–Crippen LogP) is 2.20. The molecule has 0 bridgehead atoms. The first-order chi connectivity index (χ1) is 12.0. The summed E-state index contributed by atoms with van der Waals surface area (Å²) in [4.78, 5) is 23.9. The highest BCUT2D eigenvalue weighted by Crippen LogP contribution is 2.17. The number of amides is 2. The fourth-order valence-corrected chi connectivity index (χ4v) is 2.24. The van der Waals surface area contributed by atoms with Crippen LogP contribution in [0.25, 0.3) is 0 Å². The Balaban J connectivity index is 1.84. The van der Waals surface area contributed by atoms with Crippen molar-refractivity contribution < 1.29 is 19.1 Å². The molecule has 2 N–H and O–H groups in total. The summed E-state index contributed by atoms with van der Waals surface area (Å²) in [5.74, 6) is 0.133. The van der Waals surface area contributed by atoms with Crippen molar-refractivity contribution in [3.05, 3.63) is 59.7 Å². The predicted molar refractivity (Wildman–Crippen MR) is 94.4 cm³/mol. The molecule has 132 valence electrons. The van der Waals surface area contributed by atoms with Gasteiger partial charge in [-0.05, 0) is 42.3 Å². The minimum absolute atomic E-state index is 0.271. The first kappa shape index (κ1) is 18.3. The van der Waals surface area contributed by atoms with Crippen LogP contribution in [-0.4, -0.2) is 26.0 Å². The molecule has 1 unspecified atom stereocenters. The summed E-state index contributed by atoms with van der Waals surface area (Å²) in [5.41, 5.74) is 1.77. The van der Waals surface area contributed by atoms with E-state index in [0.717, 1.165) is 22.6 Å². The van der Waals surface area contributed by atoms with E-state index >= 15 is 0 Å². The number of ether oxygens (including phenoxy) is 2. The average molecular weight is 342 g/mol. The molecule has 25 heavy (non-hydrogen) atoms. The molecule has 0 aromatic heterocycles. The molecule has 0 saturated carbocycles. The van der Waals surface area contributed by atoms with Gasteiger partial charge in [0.1, 0.15) is 11.5 Å². The molecule has 2 aromatic carbocycles. The smallest absolute Gasteiger partial charge is 0.309 e. The van der Waals surface area contributed by atoms with E-state index in [9.17, 15) is 9.59 Å². The van der Waals surface area contributed by atoms with Gasteiger partial charge in [0.2, 0.25) is 0 Å². The van der Waals surface area contributed by atoms with Gasteiger partial charge in [-0.15, -0.1) is 0 Å². The lowest BCUT2D eigenvalue weighted by Gasteiger charge is -2.14. The number of carbonyl (C=O) groups excluding carboxylic acids is 2. The number of nitrogens with one attached hydrogen (secondary N) is 2. The lowest BCUT2D eigenvalue weighted by atomic mass is 10.1. The van der Waals surface area contributed by atoms with E-state index in [-0.39, 0.29) is 12.6 Å². The van der Waals surface area contributed by atoms with Gasteiger partial charge in [-0.1, -0.05) is 24.3 Å². The van der Waals surface area contributed by atoms with E-state index in [1.54, 1.807) is 26.4 Å². The van der Waals surface area contributed by atoms with Gasteiger partial charge in [-0.2, -0.15) is 0 Å².